The van der Waals surface area contributed by atoms with Gasteiger partial charge < -0.3 is 14.2 Å². The molecule has 1 unspecified atom stereocenters. The lowest BCUT2D eigenvalue weighted by molar-refractivity contribution is -0.650. The van der Waals surface area contributed by atoms with Gasteiger partial charge >= 0.3 is 6.18 Å². The van der Waals surface area contributed by atoms with Gasteiger partial charge in [0.05, 0.1) is 14.2 Å². The molecule has 4 saturated carbocycles. The van der Waals surface area contributed by atoms with Crippen LogP contribution in [0.25, 0.3) is 0 Å². The summed E-state index contributed by atoms with van der Waals surface area (Å²) in [6.07, 6.45) is 0.488. The highest BCUT2D eigenvalue weighted by molar-refractivity contribution is 5.43. The fourth-order valence-corrected chi connectivity index (χ4v) is 6.45. The molecule has 5 aliphatic rings. The van der Waals surface area contributed by atoms with Gasteiger partial charge in [0.1, 0.15) is 18.1 Å². The minimum atomic E-state index is -4.48. The number of hydrogen-bond acceptors (Lipinski definition) is 5. The molecule has 1 heterocycles. The van der Waals surface area contributed by atoms with E-state index in [1.165, 1.54) is 20.6 Å². The van der Waals surface area contributed by atoms with Crippen molar-refractivity contribution >= 4 is 0 Å². The maximum absolute atomic E-state index is 13.2. The van der Waals surface area contributed by atoms with Crippen molar-refractivity contribution in [2.24, 2.45) is 23.7 Å². The Labute approximate surface area is 167 Å². The standard InChI is InChI=1S/C21H25F3O5/c1-25-17-8-16(9-18(10-17)26-2)21(27-11-19(22,23)24)20(28-29-21)14-4-12-3-13(6-14)7-15(20)5-12/h8-10,12-15H,3-7,11H2,1-2H3. The van der Waals surface area contributed by atoms with E-state index in [0.29, 0.717) is 28.9 Å². The van der Waals surface area contributed by atoms with E-state index in [4.69, 9.17) is 24.0 Å². The molecule has 29 heavy (non-hydrogen) atoms. The van der Waals surface area contributed by atoms with Crippen molar-refractivity contribution in [3.8, 4) is 11.5 Å². The SMILES string of the molecule is COc1cc(OC)cc(C2(OCC(F)(F)F)OOC23C2CC4CC(C2)CC3C4)c1. The second kappa shape index (κ2) is 6.49. The summed E-state index contributed by atoms with van der Waals surface area (Å²) in [5, 5.41) is 0. The summed E-state index contributed by atoms with van der Waals surface area (Å²) in [4.78, 5) is 11.3. The average Bonchev–Trinajstić information content (AvgIpc) is 2.65. The van der Waals surface area contributed by atoms with Crippen LogP contribution in [0.5, 0.6) is 11.5 Å². The van der Waals surface area contributed by atoms with Crippen LogP contribution in [-0.4, -0.2) is 32.6 Å². The van der Waals surface area contributed by atoms with E-state index < -0.39 is 24.2 Å². The van der Waals surface area contributed by atoms with Crippen LogP contribution in [0.1, 0.15) is 37.7 Å². The van der Waals surface area contributed by atoms with Gasteiger partial charge in [-0.1, -0.05) is 0 Å². The van der Waals surface area contributed by atoms with Crippen LogP contribution in [0.2, 0.25) is 0 Å². The third-order valence-electron chi connectivity index (χ3n) is 7.33. The number of benzene rings is 1. The highest BCUT2D eigenvalue weighted by Gasteiger charge is 2.77. The Bertz CT molecular complexity index is 745. The average molecular weight is 414 g/mol. The number of alkyl halides is 3. The van der Waals surface area contributed by atoms with Crippen molar-refractivity contribution in [2.45, 2.75) is 49.7 Å². The van der Waals surface area contributed by atoms with Crippen LogP contribution >= 0.6 is 0 Å². The Balaban J connectivity index is 1.61. The lowest BCUT2D eigenvalue weighted by Crippen LogP contribution is -2.77. The summed E-state index contributed by atoms with van der Waals surface area (Å²) >= 11 is 0. The molecule has 1 aliphatic heterocycles. The maximum atomic E-state index is 13.2. The number of halogens is 3. The van der Waals surface area contributed by atoms with Crippen LogP contribution < -0.4 is 9.47 Å². The van der Waals surface area contributed by atoms with Gasteiger partial charge in [-0.25, -0.2) is 4.89 Å². The van der Waals surface area contributed by atoms with Gasteiger partial charge in [-0.3, -0.25) is 0 Å². The minimum Gasteiger partial charge on any atom is -0.497 e. The quantitative estimate of drug-likeness (QED) is 0.660. The smallest absolute Gasteiger partial charge is 0.411 e. The minimum absolute atomic E-state index is 0.109. The van der Waals surface area contributed by atoms with E-state index in [0.717, 1.165) is 25.7 Å². The third kappa shape index (κ3) is 2.79. The van der Waals surface area contributed by atoms with Crippen molar-refractivity contribution in [3.63, 3.8) is 0 Å². The molecule has 1 aromatic rings. The molecule has 0 N–H and O–H groups in total. The van der Waals surface area contributed by atoms with Gasteiger partial charge in [-0.05, 0) is 67.9 Å². The van der Waals surface area contributed by atoms with E-state index >= 15 is 0 Å². The fourth-order valence-electron chi connectivity index (χ4n) is 6.45. The molecular formula is C21H25F3O5. The topological polar surface area (TPSA) is 46.2 Å². The van der Waals surface area contributed by atoms with Crippen molar-refractivity contribution < 1.29 is 37.2 Å². The molecule has 0 aromatic heterocycles. The highest BCUT2D eigenvalue weighted by atomic mass is 19.4. The van der Waals surface area contributed by atoms with Crippen LogP contribution in [0, 0.1) is 23.7 Å². The highest BCUT2D eigenvalue weighted by Crippen LogP contribution is 2.69. The Kier molecular flexibility index (Phi) is 4.35. The molecule has 4 aliphatic carbocycles. The Hall–Kier alpha value is -1.51. The predicted molar refractivity (Wildman–Crippen MR) is 95.2 cm³/mol. The predicted octanol–water partition coefficient (Wildman–Crippen LogP) is 4.59. The van der Waals surface area contributed by atoms with Crippen molar-refractivity contribution in [2.75, 3.05) is 20.8 Å². The molecule has 1 spiro atoms. The molecule has 1 saturated heterocycles. The number of methoxy groups -OCH3 is 2. The second-order valence-corrected chi connectivity index (χ2v) is 8.89. The van der Waals surface area contributed by atoms with Gasteiger partial charge in [0, 0.05) is 11.6 Å². The Morgan fingerprint density at radius 3 is 1.86 bits per heavy atom. The first kappa shape index (κ1) is 19.5. The first-order chi connectivity index (χ1) is 13.8. The molecule has 1 aromatic carbocycles. The number of hydrogen-bond donors (Lipinski definition) is 0. The van der Waals surface area contributed by atoms with Gasteiger partial charge in [-0.15, -0.1) is 0 Å². The summed E-state index contributed by atoms with van der Waals surface area (Å²) in [5.41, 5.74) is -0.472. The fraction of sp³-hybridized carbons (Fsp3) is 0.714. The first-order valence-corrected chi connectivity index (χ1v) is 10.1. The zero-order valence-electron chi connectivity index (χ0n) is 16.5. The molecule has 5 fully saturated rings. The molecule has 5 nitrogen and oxygen atoms in total. The van der Waals surface area contributed by atoms with Crippen molar-refractivity contribution in [1.29, 1.82) is 0 Å². The molecule has 8 heteroatoms. The van der Waals surface area contributed by atoms with Crippen LogP contribution in [0.15, 0.2) is 18.2 Å². The molecule has 1 atom stereocenters. The summed E-state index contributed by atoms with van der Waals surface area (Å²) in [5.74, 6) is 0.746. The van der Waals surface area contributed by atoms with Gasteiger partial charge in [-0.2, -0.15) is 18.1 Å². The lowest BCUT2D eigenvalue weighted by Gasteiger charge is -2.68. The molecule has 4 bridgehead atoms. The summed E-state index contributed by atoms with van der Waals surface area (Å²) < 4.78 is 55.9. The molecular weight excluding hydrogens is 389 g/mol. The van der Waals surface area contributed by atoms with E-state index in [-0.39, 0.29) is 11.8 Å². The van der Waals surface area contributed by atoms with E-state index in [1.54, 1.807) is 18.2 Å². The third-order valence-corrected chi connectivity index (χ3v) is 7.33. The normalized spacial score (nSPS) is 40.2. The number of ether oxygens (including phenoxy) is 3. The van der Waals surface area contributed by atoms with Gasteiger partial charge in [0.15, 0.2) is 5.60 Å². The van der Waals surface area contributed by atoms with Crippen LogP contribution in [0.4, 0.5) is 13.2 Å². The summed E-state index contributed by atoms with van der Waals surface area (Å²) in [7, 11) is 3.00. The van der Waals surface area contributed by atoms with Crippen molar-refractivity contribution in [3.05, 3.63) is 23.8 Å². The van der Waals surface area contributed by atoms with Gasteiger partial charge in [0.2, 0.25) is 0 Å². The van der Waals surface area contributed by atoms with Crippen molar-refractivity contribution in [1.82, 2.24) is 0 Å². The zero-order valence-corrected chi connectivity index (χ0v) is 16.5. The lowest BCUT2D eigenvalue weighted by atomic mass is 9.47. The molecule has 0 amide bonds. The summed E-state index contributed by atoms with van der Waals surface area (Å²) in [6, 6.07) is 4.99. The zero-order chi connectivity index (χ0) is 20.4. The maximum Gasteiger partial charge on any atom is 0.411 e. The van der Waals surface area contributed by atoms with E-state index in [9.17, 15) is 13.2 Å². The first-order valence-electron chi connectivity index (χ1n) is 10.1. The molecule has 0 radical (unpaired) electrons. The molecule has 160 valence electrons. The number of rotatable bonds is 5. The Morgan fingerprint density at radius 2 is 1.45 bits per heavy atom. The Morgan fingerprint density at radius 1 is 0.897 bits per heavy atom. The van der Waals surface area contributed by atoms with E-state index in [1.807, 2.05) is 0 Å². The van der Waals surface area contributed by atoms with Crippen LogP contribution in [0.3, 0.4) is 0 Å². The molecule has 6 rings (SSSR count). The largest absolute Gasteiger partial charge is 0.497 e. The second-order valence-electron chi connectivity index (χ2n) is 8.89. The summed E-state index contributed by atoms with van der Waals surface area (Å²) in [6.45, 7) is -1.41. The van der Waals surface area contributed by atoms with E-state index in [2.05, 4.69) is 0 Å². The van der Waals surface area contributed by atoms with Gasteiger partial charge in [0.25, 0.3) is 5.79 Å². The van der Waals surface area contributed by atoms with Crippen LogP contribution in [-0.2, 0) is 20.3 Å². The monoisotopic (exact) mass is 414 g/mol.